The summed E-state index contributed by atoms with van der Waals surface area (Å²) >= 11 is 5.77. The van der Waals surface area contributed by atoms with E-state index < -0.39 is 0 Å². The van der Waals surface area contributed by atoms with Crippen LogP contribution in [-0.2, 0) is 5.88 Å². The third kappa shape index (κ3) is 1.95. The average molecular weight is 219 g/mol. The lowest BCUT2D eigenvalue weighted by Gasteiger charge is -2.08. The van der Waals surface area contributed by atoms with Gasteiger partial charge >= 0.3 is 0 Å². The molecule has 3 heteroatoms. The molecule has 0 bridgehead atoms. The summed E-state index contributed by atoms with van der Waals surface area (Å²) in [4.78, 5) is 4.13. The molecule has 0 aliphatic rings. The Morgan fingerprint density at radius 2 is 1.87 bits per heavy atom. The van der Waals surface area contributed by atoms with Gasteiger partial charge in [-0.2, -0.15) is 0 Å². The smallest absolute Gasteiger partial charge is 0.0509 e. The number of hydrogen-bond donors (Lipinski definition) is 1. The lowest BCUT2D eigenvalue weighted by atomic mass is 10.0. The standard InChI is InChI=1S/C12H11ClN2/c13-6-10-7-15-8-11(12(10)14)9-4-2-1-3-5-9/h1-5,7-8H,6H2,(H2,14,15). The van der Waals surface area contributed by atoms with Crippen LogP contribution in [0, 0.1) is 0 Å². The first-order chi connectivity index (χ1) is 7.33. The maximum atomic E-state index is 6.00. The van der Waals surface area contributed by atoms with Crippen molar-refractivity contribution in [3.63, 3.8) is 0 Å². The Morgan fingerprint density at radius 3 is 2.53 bits per heavy atom. The Bertz CT molecular complexity index is 454. The topological polar surface area (TPSA) is 38.9 Å². The van der Waals surface area contributed by atoms with Gasteiger partial charge in [-0.3, -0.25) is 4.98 Å². The predicted molar refractivity (Wildman–Crippen MR) is 63.6 cm³/mol. The maximum Gasteiger partial charge on any atom is 0.0509 e. The zero-order valence-electron chi connectivity index (χ0n) is 8.15. The molecule has 0 spiro atoms. The molecule has 1 aromatic carbocycles. The van der Waals surface area contributed by atoms with E-state index in [2.05, 4.69) is 4.98 Å². The zero-order chi connectivity index (χ0) is 10.7. The minimum atomic E-state index is 0.388. The number of hydrogen-bond acceptors (Lipinski definition) is 2. The molecule has 0 saturated carbocycles. The molecule has 0 atom stereocenters. The van der Waals surface area contributed by atoms with Crippen LogP contribution in [0.4, 0.5) is 5.69 Å². The van der Waals surface area contributed by atoms with Crippen LogP contribution < -0.4 is 5.73 Å². The highest BCUT2D eigenvalue weighted by atomic mass is 35.5. The van der Waals surface area contributed by atoms with E-state index >= 15 is 0 Å². The fraction of sp³-hybridized carbons (Fsp3) is 0.0833. The van der Waals surface area contributed by atoms with Crippen LogP contribution in [-0.4, -0.2) is 4.98 Å². The van der Waals surface area contributed by atoms with E-state index in [0.717, 1.165) is 16.7 Å². The highest BCUT2D eigenvalue weighted by molar-refractivity contribution is 6.17. The Hall–Kier alpha value is -1.54. The largest absolute Gasteiger partial charge is 0.398 e. The second-order valence-corrected chi connectivity index (χ2v) is 3.53. The number of benzene rings is 1. The van der Waals surface area contributed by atoms with Gasteiger partial charge in [0.05, 0.1) is 5.88 Å². The number of pyridine rings is 1. The van der Waals surface area contributed by atoms with Crippen molar-refractivity contribution >= 4 is 17.3 Å². The first kappa shape index (κ1) is 9.99. The zero-order valence-corrected chi connectivity index (χ0v) is 8.91. The molecule has 2 N–H and O–H groups in total. The second-order valence-electron chi connectivity index (χ2n) is 3.26. The summed E-state index contributed by atoms with van der Waals surface area (Å²) in [7, 11) is 0. The molecule has 0 amide bonds. The third-order valence-corrected chi connectivity index (χ3v) is 2.59. The van der Waals surface area contributed by atoms with Crippen LogP contribution in [0.3, 0.4) is 0 Å². The van der Waals surface area contributed by atoms with Crippen LogP contribution in [0.5, 0.6) is 0 Å². The number of aromatic nitrogens is 1. The van der Waals surface area contributed by atoms with Gasteiger partial charge in [-0.1, -0.05) is 30.3 Å². The SMILES string of the molecule is Nc1c(CCl)cncc1-c1ccccc1. The van der Waals surface area contributed by atoms with Crippen LogP contribution >= 0.6 is 11.6 Å². The first-order valence-corrected chi connectivity index (χ1v) is 5.20. The summed E-state index contributed by atoms with van der Waals surface area (Å²) in [6, 6.07) is 9.93. The normalized spacial score (nSPS) is 10.2. The molecule has 2 rings (SSSR count). The molecule has 0 aliphatic carbocycles. The summed E-state index contributed by atoms with van der Waals surface area (Å²) in [5.74, 6) is 0.388. The van der Waals surface area contributed by atoms with Gasteiger partial charge in [-0.05, 0) is 5.56 Å². The van der Waals surface area contributed by atoms with Gasteiger partial charge < -0.3 is 5.73 Å². The van der Waals surface area contributed by atoms with Crippen molar-refractivity contribution in [2.45, 2.75) is 5.88 Å². The Morgan fingerprint density at radius 1 is 1.13 bits per heavy atom. The van der Waals surface area contributed by atoms with Crippen molar-refractivity contribution < 1.29 is 0 Å². The van der Waals surface area contributed by atoms with Gasteiger partial charge in [0.2, 0.25) is 0 Å². The number of anilines is 1. The number of alkyl halides is 1. The van der Waals surface area contributed by atoms with Gasteiger partial charge in [-0.15, -0.1) is 11.6 Å². The number of halogens is 1. The van der Waals surface area contributed by atoms with E-state index in [1.807, 2.05) is 30.3 Å². The Balaban J connectivity index is 2.54. The van der Waals surface area contributed by atoms with Gasteiger partial charge in [0.15, 0.2) is 0 Å². The highest BCUT2D eigenvalue weighted by Crippen LogP contribution is 2.27. The quantitative estimate of drug-likeness (QED) is 0.787. The van der Waals surface area contributed by atoms with Gasteiger partial charge in [0.1, 0.15) is 0 Å². The second kappa shape index (κ2) is 4.32. The average Bonchev–Trinajstić information content (AvgIpc) is 2.30. The molecule has 1 aromatic heterocycles. The first-order valence-electron chi connectivity index (χ1n) is 4.66. The van der Waals surface area contributed by atoms with E-state index in [4.69, 9.17) is 17.3 Å². The molecule has 1 heterocycles. The molecule has 2 aromatic rings. The van der Waals surface area contributed by atoms with Crippen molar-refractivity contribution in [1.29, 1.82) is 0 Å². The molecule has 0 aliphatic heterocycles. The van der Waals surface area contributed by atoms with E-state index in [1.54, 1.807) is 12.4 Å². The number of nitrogens with zero attached hydrogens (tertiary/aromatic N) is 1. The monoisotopic (exact) mass is 218 g/mol. The molecule has 76 valence electrons. The van der Waals surface area contributed by atoms with Crippen LogP contribution in [0.25, 0.3) is 11.1 Å². The molecular formula is C12H11ClN2. The van der Waals surface area contributed by atoms with Gasteiger partial charge in [0.25, 0.3) is 0 Å². The number of nitrogens with two attached hydrogens (primary N) is 1. The summed E-state index contributed by atoms with van der Waals surface area (Å²) in [5.41, 5.74) is 9.59. The van der Waals surface area contributed by atoms with E-state index in [-0.39, 0.29) is 0 Å². The summed E-state index contributed by atoms with van der Waals surface area (Å²) in [6.45, 7) is 0. The van der Waals surface area contributed by atoms with Crippen molar-refractivity contribution in [3.8, 4) is 11.1 Å². The molecular weight excluding hydrogens is 208 g/mol. The molecule has 0 saturated heterocycles. The molecule has 0 fully saturated rings. The fourth-order valence-electron chi connectivity index (χ4n) is 1.47. The maximum absolute atomic E-state index is 6.00. The summed E-state index contributed by atoms with van der Waals surface area (Å²) < 4.78 is 0. The third-order valence-electron chi connectivity index (χ3n) is 2.30. The molecule has 0 radical (unpaired) electrons. The van der Waals surface area contributed by atoms with Crippen molar-refractivity contribution in [2.75, 3.05) is 5.73 Å². The molecule has 15 heavy (non-hydrogen) atoms. The van der Waals surface area contributed by atoms with E-state index in [9.17, 15) is 0 Å². The minimum Gasteiger partial charge on any atom is -0.398 e. The van der Waals surface area contributed by atoms with Crippen molar-refractivity contribution in [1.82, 2.24) is 4.98 Å². The van der Waals surface area contributed by atoms with E-state index in [1.165, 1.54) is 0 Å². The van der Waals surface area contributed by atoms with Gasteiger partial charge in [-0.25, -0.2) is 0 Å². The molecule has 0 unspecified atom stereocenters. The number of rotatable bonds is 2. The fourth-order valence-corrected chi connectivity index (χ4v) is 1.68. The lowest BCUT2D eigenvalue weighted by molar-refractivity contribution is 1.25. The lowest BCUT2D eigenvalue weighted by Crippen LogP contribution is -1.96. The molecule has 2 nitrogen and oxygen atoms in total. The number of nitrogen functional groups attached to an aromatic ring is 1. The summed E-state index contributed by atoms with van der Waals surface area (Å²) in [6.07, 6.45) is 3.47. The Kier molecular flexibility index (Phi) is 2.88. The van der Waals surface area contributed by atoms with Crippen molar-refractivity contribution in [3.05, 3.63) is 48.3 Å². The van der Waals surface area contributed by atoms with Crippen LogP contribution in [0.2, 0.25) is 0 Å². The van der Waals surface area contributed by atoms with Gasteiger partial charge in [0, 0.05) is 29.2 Å². The van der Waals surface area contributed by atoms with E-state index in [0.29, 0.717) is 11.6 Å². The van der Waals surface area contributed by atoms with Crippen molar-refractivity contribution in [2.24, 2.45) is 0 Å². The Labute approximate surface area is 93.7 Å². The highest BCUT2D eigenvalue weighted by Gasteiger charge is 2.06. The summed E-state index contributed by atoms with van der Waals surface area (Å²) in [5, 5.41) is 0. The van der Waals surface area contributed by atoms with Crippen LogP contribution in [0.1, 0.15) is 5.56 Å². The van der Waals surface area contributed by atoms with Crippen LogP contribution in [0.15, 0.2) is 42.7 Å². The predicted octanol–water partition coefficient (Wildman–Crippen LogP) is 3.07. The minimum absolute atomic E-state index is 0.388.